The van der Waals surface area contributed by atoms with Crippen molar-refractivity contribution >= 4 is 0 Å². The molecule has 4 heteroatoms. The van der Waals surface area contributed by atoms with Crippen LogP contribution in [0.3, 0.4) is 0 Å². The molecule has 0 saturated carbocycles. The van der Waals surface area contributed by atoms with Gasteiger partial charge in [-0.2, -0.15) is 0 Å². The van der Waals surface area contributed by atoms with E-state index in [2.05, 4.69) is 10.2 Å². The van der Waals surface area contributed by atoms with Gasteiger partial charge in [-0.25, -0.2) is 0 Å². The van der Waals surface area contributed by atoms with Crippen molar-refractivity contribution in [1.29, 1.82) is 0 Å². The molecule has 2 heterocycles. The van der Waals surface area contributed by atoms with Gasteiger partial charge < -0.3 is 20.4 Å². The van der Waals surface area contributed by atoms with E-state index in [9.17, 15) is 5.11 Å². The summed E-state index contributed by atoms with van der Waals surface area (Å²) in [5.74, 6) is 1.57. The van der Waals surface area contributed by atoms with E-state index in [1.807, 2.05) is 0 Å². The monoisotopic (exact) mass is 200 g/mol. The minimum Gasteiger partial charge on any atom is -0.394 e. The van der Waals surface area contributed by atoms with Crippen molar-refractivity contribution in [3.05, 3.63) is 0 Å². The summed E-state index contributed by atoms with van der Waals surface area (Å²) in [6.07, 6.45) is 0.694. The number of hydrogen-bond donors (Lipinski definition) is 3. The zero-order chi connectivity index (χ0) is 9.97. The van der Waals surface area contributed by atoms with E-state index >= 15 is 0 Å². The van der Waals surface area contributed by atoms with E-state index in [1.54, 1.807) is 0 Å². The highest BCUT2D eigenvalue weighted by molar-refractivity contribution is 4.89. The molecule has 2 rings (SSSR count). The Bertz CT molecular complexity index is 175. The minimum absolute atomic E-state index is 0.121. The predicted molar refractivity (Wildman–Crippen MR) is 54.0 cm³/mol. The smallest absolute Gasteiger partial charge is 0.0897 e. The van der Waals surface area contributed by atoms with Crippen molar-refractivity contribution in [2.24, 2.45) is 11.8 Å². The number of nitrogens with zero attached hydrogens (tertiary/aromatic N) is 1. The predicted octanol–water partition coefficient (Wildman–Crippen LogP) is -1.12. The van der Waals surface area contributed by atoms with Gasteiger partial charge in [0.25, 0.3) is 0 Å². The molecule has 3 atom stereocenters. The van der Waals surface area contributed by atoms with Crippen LogP contribution in [0.4, 0.5) is 0 Å². The molecule has 0 aliphatic carbocycles. The maximum Gasteiger partial charge on any atom is 0.0897 e. The third-order valence-electron chi connectivity index (χ3n) is 3.43. The molecule has 0 radical (unpaired) electrons. The molecular formula is C10H20N2O2. The number of hydrogen-bond acceptors (Lipinski definition) is 4. The molecule has 4 nitrogen and oxygen atoms in total. The van der Waals surface area contributed by atoms with E-state index < -0.39 is 6.10 Å². The Kier molecular flexibility index (Phi) is 3.38. The lowest BCUT2D eigenvalue weighted by Gasteiger charge is -2.24. The van der Waals surface area contributed by atoms with Crippen LogP contribution < -0.4 is 5.32 Å². The van der Waals surface area contributed by atoms with Gasteiger partial charge in [0.15, 0.2) is 0 Å². The standard InChI is InChI=1S/C10H20N2O2/c13-7-10(14)6-12-4-8-1-2-11-3-9(8)5-12/h8-11,13-14H,1-7H2. The first-order valence-electron chi connectivity index (χ1n) is 5.51. The number of likely N-dealkylation sites (tertiary alicyclic amines) is 1. The largest absolute Gasteiger partial charge is 0.394 e. The van der Waals surface area contributed by atoms with E-state index in [0.717, 1.165) is 38.0 Å². The Labute approximate surface area is 84.9 Å². The van der Waals surface area contributed by atoms with Crippen LogP contribution in [0.25, 0.3) is 0 Å². The van der Waals surface area contributed by atoms with Gasteiger partial charge in [-0.3, -0.25) is 0 Å². The summed E-state index contributed by atoms with van der Waals surface area (Å²) in [6.45, 7) is 4.94. The molecule has 0 spiro atoms. The molecule has 3 N–H and O–H groups in total. The Morgan fingerprint density at radius 2 is 2.14 bits per heavy atom. The molecule has 2 fully saturated rings. The molecule has 2 aliphatic rings. The summed E-state index contributed by atoms with van der Waals surface area (Å²) in [4.78, 5) is 2.28. The topological polar surface area (TPSA) is 55.7 Å². The van der Waals surface area contributed by atoms with Gasteiger partial charge in [0.2, 0.25) is 0 Å². The summed E-state index contributed by atoms with van der Waals surface area (Å²) in [5, 5.41) is 21.5. The Morgan fingerprint density at radius 1 is 1.36 bits per heavy atom. The van der Waals surface area contributed by atoms with Crippen LogP contribution >= 0.6 is 0 Å². The number of rotatable bonds is 3. The fourth-order valence-electron chi connectivity index (χ4n) is 2.67. The highest BCUT2D eigenvalue weighted by Crippen LogP contribution is 2.27. The molecular weight excluding hydrogens is 180 g/mol. The second-order valence-electron chi connectivity index (χ2n) is 4.57. The molecule has 0 aromatic heterocycles. The molecule has 3 unspecified atom stereocenters. The van der Waals surface area contributed by atoms with Crippen LogP contribution in [-0.2, 0) is 0 Å². The summed E-state index contributed by atoms with van der Waals surface area (Å²) >= 11 is 0. The lowest BCUT2D eigenvalue weighted by Crippen LogP contribution is -2.35. The zero-order valence-corrected chi connectivity index (χ0v) is 8.52. The molecule has 0 amide bonds. The van der Waals surface area contributed by atoms with Crippen molar-refractivity contribution in [3.8, 4) is 0 Å². The second-order valence-corrected chi connectivity index (χ2v) is 4.57. The molecule has 2 aliphatic heterocycles. The van der Waals surface area contributed by atoms with Crippen LogP contribution in [0, 0.1) is 11.8 Å². The summed E-state index contributed by atoms with van der Waals surface area (Å²) in [6, 6.07) is 0. The van der Waals surface area contributed by atoms with E-state index in [1.165, 1.54) is 6.42 Å². The third-order valence-corrected chi connectivity index (χ3v) is 3.43. The quantitative estimate of drug-likeness (QED) is 0.540. The molecule has 14 heavy (non-hydrogen) atoms. The van der Waals surface area contributed by atoms with Gasteiger partial charge in [0.1, 0.15) is 0 Å². The minimum atomic E-state index is -0.567. The van der Waals surface area contributed by atoms with Gasteiger partial charge in [-0.05, 0) is 31.3 Å². The van der Waals surface area contributed by atoms with E-state index in [0.29, 0.717) is 6.54 Å². The highest BCUT2D eigenvalue weighted by atomic mass is 16.3. The van der Waals surface area contributed by atoms with Crippen LogP contribution in [0.1, 0.15) is 6.42 Å². The number of aliphatic hydroxyl groups is 2. The molecule has 0 aromatic carbocycles. The number of nitrogens with one attached hydrogen (secondary N) is 1. The molecule has 0 aromatic rings. The van der Waals surface area contributed by atoms with Gasteiger partial charge in [0, 0.05) is 19.6 Å². The van der Waals surface area contributed by atoms with Crippen LogP contribution in [0.2, 0.25) is 0 Å². The lowest BCUT2D eigenvalue weighted by atomic mass is 9.90. The van der Waals surface area contributed by atoms with Gasteiger partial charge >= 0.3 is 0 Å². The average molecular weight is 200 g/mol. The van der Waals surface area contributed by atoms with Crippen molar-refractivity contribution in [1.82, 2.24) is 10.2 Å². The second kappa shape index (κ2) is 4.57. The first-order valence-corrected chi connectivity index (χ1v) is 5.51. The van der Waals surface area contributed by atoms with E-state index in [-0.39, 0.29) is 6.61 Å². The highest BCUT2D eigenvalue weighted by Gasteiger charge is 2.34. The van der Waals surface area contributed by atoms with Crippen molar-refractivity contribution in [2.75, 3.05) is 39.3 Å². The number of β-amino-alcohol motifs (C(OH)–C–C–N with tert-alkyl or cyclic N) is 1. The number of aliphatic hydroxyl groups excluding tert-OH is 2. The maximum absolute atomic E-state index is 9.34. The van der Waals surface area contributed by atoms with Crippen LogP contribution in [0.5, 0.6) is 0 Å². The van der Waals surface area contributed by atoms with Crippen molar-refractivity contribution < 1.29 is 10.2 Å². The molecule has 0 bridgehead atoms. The fraction of sp³-hybridized carbons (Fsp3) is 1.00. The van der Waals surface area contributed by atoms with Crippen LogP contribution in [0.15, 0.2) is 0 Å². The maximum atomic E-state index is 9.34. The lowest BCUT2D eigenvalue weighted by molar-refractivity contribution is 0.0646. The van der Waals surface area contributed by atoms with E-state index in [4.69, 9.17) is 5.11 Å². The zero-order valence-electron chi connectivity index (χ0n) is 8.52. The number of fused-ring (bicyclic) bond motifs is 1. The average Bonchev–Trinajstić information content (AvgIpc) is 2.59. The summed E-state index contributed by atoms with van der Waals surface area (Å²) in [7, 11) is 0. The van der Waals surface area contributed by atoms with Crippen LogP contribution in [-0.4, -0.2) is 60.5 Å². The molecule has 2 saturated heterocycles. The first kappa shape index (κ1) is 10.4. The van der Waals surface area contributed by atoms with Gasteiger partial charge in [-0.15, -0.1) is 0 Å². The Balaban J connectivity index is 1.80. The normalized spacial score (nSPS) is 35.6. The Morgan fingerprint density at radius 3 is 2.86 bits per heavy atom. The van der Waals surface area contributed by atoms with Crippen molar-refractivity contribution in [2.45, 2.75) is 12.5 Å². The van der Waals surface area contributed by atoms with Gasteiger partial charge in [-0.1, -0.05) is 0 Å². The first-order chi connectivity index (χ1) is 6.79. The molecule has 82 valence electrons. The summed E-state index contributed by atoms with van der Waals surface area (Å²) < 4.78 is 0. The third kappa shape index (κ3) is 2.25. The number of piperidine rings is 1. The van der Waals surface area contributed by atoms with Gasteiger partial charge in [0.05, 0.1) is 12.7 Å². The SMILES string of the molecule is OCC(O)CN1CC2CCNCC2C1. The van der Waals surface area contributed by atoms with Crippen molar-refractivity contribution in [3.63, 3.8) is 0 Å². The summed E-state index contributed by atoms with van der Waals surface area (Å²) in [5.41, 5.74) is 0. The Hall–Kier alpha value is -0.160. The fourth-order valence-corrected chi connectivity index (χ4v) is 2.67.